The van der Waals surface area contributed by atoms with Crippen LogP contribution in [0.25, 0.3) is 0 Å². The van der Waals surface area contributed by atoms with E-state index in [4.69, 9.17) is 42.7 Å². The third kappa shape index (κ3) is 7.80. The topological polar surface area (TPSA) is 126 Å². The smallest absolute Gasteiger partial charge is 0.408 e. The molecule has 0 unspecified atom stereocenters. The summed E-state index contributed by atoms with van der Waals surface area (Å²) < 4.78 is 18.2. The molecule has 2 aromatic rings. The number of carbonyl (C=O) groups is 1. The first kappa shape index (κ1) is 26.7. The Morgan fingerprint density at radius 1 is 1.32 bits per heavy atom. The molecule has 1 aromatic carbocycles. The van der Waals surface area contributed by atoms with Crippen molar-refractivity contribution in [1.82, 2.24) is 20.2 Å². The summed E-state index contributed by atoms with van der Waals surface area (Å²) in [6, 6.07) is 5.29. The largest absolute Gasteiger partial charge is 0.441 e. The third-order valence-corrected chi connectivity index (χ3v) is 6.72. The van der Waals surface area contributed by atoms with Crippen LogP contribution in [-0.4, -0.2) is 38.3 Å². The molecular formula is C21H25Cl2N4O5PS. The summed E-state index contributed by atoms with van der Waals surface area (Å²) >= 11 is 13.9. The molecule has 0 saturated heterocycles. The number of imidazole rings is 1. The summed E-state index contributed by atoms with van der Waals surface area (Å²) in [4.78, 5) is 35.4. The number of allylic oxidation sites excluding steroid dienone is 2. The Morgan fingerprint density at radius 2 is 2.03 bits per heavy atom. The van der Waals surface area contributed by atoms with Gasteiger partial charge < -0.3 is 29.7 Å². The zero-order chi connectivity index (χ0) is 24.9. The van der Waals surface area contributed by atoms with Gasteiger partial charge in [-0.3, -0.25) is 4.57 Å². The molecule has 1 aliphatic rings. The lowest BCUT2D eigenvalue weighted by Gasteiger charge is -2.16. The van der Waals surface area contributed by atoms with Crippen LogP contribution >= 0.6 is 42.6 Å². The average Bonchev–Trinajstić information content (AvgIpc) is 3.07. The van der Waals surface area contributed by atoms with Crippen molar-refractivity contribution in [2.24, 2.45) is 0 Å². The Kier molecular flexibility index (Phi) is 9.14. The van der Waals surface area contributed by atoms with Crippen molar-refractivity contribution in [2.75, 3.05) is 12.8 Å². The van der Waals surface area contributed by atoms with Crippen LogP contribution < -0.4 is 10.6 Å². The maximum absolute atomic E-state index is 12.0. The summed E-state index contributed by atoms with van der Waals surface area (Å²) in [5, 5.41) is 7.06. The van der Waals surface area contributed by atoms with E-state index in [9.17, 15) is 9.36 Å². The molecule has 34 heavy (non-hydrogen) atoms. The van der Waals surface area contributed by atoms with E-state index in [1.54, 1.807) is 6.07 Å². The molecule has 0 bridgehead atoms. The number of dihydropyridines is 1. The second-order valence-corrected chi connectivity index (χ2v) is 11.3. The second-order valence-electron chi connectivity index (χ2n) is 7.76. The minimum Gasteiger partial charge on any atom is -0.441 e. The first-order chi connectivity index (χ1) is 16.0. The summed E-state index contributed by atoms with van der Waals surface area (Å²) in [6.07, 6.45) is 4.13. The summed E-state index contributed by atoms with van der Waals surface area (Å²) in [5.41, 5.74) is 1.86. The Hall–Kier alpha value is -1.94. The number of aromatic nitrogens is 2. The van der Waals surface area contributed by atoms with Crippen LogP contribution in [0.3, 0.4) is 0 Å². The van der Waals surface area contributed by atoms with Gasteiger partial charge in [0.1, 0.15) is 17.1 Å². The van der Waals surface area contributed by atoms with Gasteiger partial charge in [-0.15, -0.1) is 0 Å². The zero-order valence-corrected chi connectivity index (χ0v) is 21.7. The molecule has 9 nitrogen and oxygen atoms in total. The average molecular weight is 547 g/mol. The van der Waals surface area contributed by atoms with Crippen molar-refractivity contribution in [3.8, 4) is 0 Å². The predicted molar refractivity (Wildman–Crippen MR) is 132 cm³/mol. The fourth-order valence-electron chi connectivity index (χ4n) is 3.10. The molecule has 0 spiro atoms. The number of rotatable bonds is 9. The fourth-order valence-corrected chi connectivity index (χ4v) is 5.35. The van der Waals surface area contributed by atoms with Crippen LogP contribution in [0.15, 0.2) is 52.0 Å². The van der Waals surface area contributed by atoms with Gasteiger partial charge in [0.15, 0.2) is 6.61 Å². The van der Waals surface area contributed by atoms with Crippen molar-refractivity contribution in [2.45, 2.75) is 42.8 Å². The van der Waals surface area contributed by atoms with Gasteiger partial charge in [-0.05, 0) is 42.0 Å². The molecule has 184 valence electrons. The fraction of sp³-hybridized carbons (Fsp3) is 0.333. The van der Waals surface area contributed by atoms with Gasteiger partial charge in [-0.25, -0.2) is 9.78 Å². The van der Waals surface area contributed by atoms with E-state index in [2.05, 4.69) is 16.7 Å². The second kappa shape index (κ2) is 11.7. The van der Waals surface area contributed by atoms with Gasteiger partial charge in [-0.2, -0.15) is 0 Å². The quantitative estimate of drug-likeness (QED) is 0.328. The molecule has 13 heteroatoms. The molecule has 3 rings (SSSR count). The molecule has 0 fully saturated rings. The summed E-state index contributed by atoms with van der Waals surface area (Å²) in [7, 11) is -4.39. The lowest BCUT2D eigenvalue weighted by atomic mass is 10.1. The highest BCUT2D eigenvalue weighted by molar-refractivity contribution is 7.99. The molecule has 1 amide bonds. The van der Waals surface area contributed by atoms with Crippen molar-refractivity contribution >= 4 is 48.7 Å². The van der Waals surface area contributed by atoms with E-state index in [0.29, 0.717) is 29.0 Å². The number of hydrogen-bond donors (Lipinski definition) is 4. The SMILES string of the molecule is CC(C)c1nc(COC(=O)NCP(=O)(O)O)n(CC2=CCNC=C2)c1Sc1cc(Cl)cc(Cl)c1. The van der Waals surface area contributed by atoms with Gasteiger partial charge in [0.25, 0.3) is 0 Å². The van der Waals surface area contributed by atoms with Crippen molar-refractivity contribution in [1.29, 1.82) is 0 Å². The standard InChI is InChI=1S/C21H25Cl2N4O5PS/c1-13(2)19-20(34-17-8-15(22)7-16(23)9-17)27(10-14-3-5-24-6-4-14)18(26-19)11-32-21(28)25-12-33(29,30)31/h3-5,7-9,13,24H,6,10-12H2,1-2H3,(H,25,28)(H2,29,30,31). The number of nitrogens with zero attached hydrogens (tertiary/aromatic N) is 2. The van der Waals surface area contributed by atoms with E-state index in [1.807, 2.05) is 42.8 Å². The van der Waals surface area contributed by atoms with Crippen molar-refractivity contribution in [3.05, 3.63) is 63.7 Å². The molecule has 2 heterocycles. The number of nitrogens with one attached hydrogen (secondary N) is 2. The first-order valence-corrected chi connectivity index (χ1v) is 13.7. The van der Waals surface area contributed by atoms with Crippen molar-refractivity contribution in [3.63, 3.8) is 0 Å². The normalized spacial score (nSPS) is 13.6. The van der Waals surface area contributed by atoms with Crippen LogP contribution in [-0.2, 0) is 22.5 Å². The van der Waals surface area contributed by atoms with Crippen LogP contribution in [0.4, 0.5) is 4.79 Å². The van der Waals surface area contributed by atoms with Crippen LogP contribution in [0.1, 0.15) is 31.3 Å². The molecular weight excluding hydrogens is 522 g/mol. The van der Waals surface area contributed by atoms with Gasteiger partial charge in [0.05, 0.1) is 5.69 Å². The van der Waals surface area contributed by atoms with Crippen LogP contribution in [0.2, 0.25) is 10.0 Å². The Bertz CT molecular complexity index is 1140. The number of benzene rings is 1. The van der Waals surface area contributed by atoms with Crippen LogP contribution in [0, 0.1) is 0 Å². The highest BCUT2D eigenvalue weighted by Crippen LogP contribution is 2.38. The van der Waals surface area contributed by atoms with Gasteiger partial charge in [0, 0.05) is 28.0 Å². The molecule has 4 N–H and O–H groups in total. The Morgan fingerprint density at radius 3 is 2.62 bits per heavy atom. The minimum atomic E-state index is -4.39. The molecule has 0 saturated carbocycles. The predicted octanol–water partition coefficient (Wildman–Crippen LogP) is 4.87. The Labute approximate surface area is 211 Å². The number of alkyl carbamates (subject to hydrolysis) is 1. The number of hydrogen-bond acceptors (Lipinski definition) is 6. The molecule has 0 aliphatic carbocycles. The monoisotopic (exact) mass is 546 g/mol. The van der Waals surface area contributed by atoms with Gasteiger partial charge in [-0.1, -0.05) is 54.9 Å². The van der Waals surface area contributed by atoms with E-state index in [0.717, 1.165) is 21.2 Å². The number of carbonyl (C=O) groups excluding carboxylic acids is 1. The Balaban J connectivity index is 1.94. The highest BCUT2D eigenvalue weighted by Gasteiger charge is 2.23. The molecule has 1 aromatic heterocycles. The number of amides is 1. The highest BCUT2D eigenvalue weighted by atomic mass is 35.5. The molecule has 0 atom stereocenters. The maximum atomic E-state index is 12.0. The molecule has 0 radical (unpaired) electrons. The van der Waals surface area contributed by atoms with E-state index in [1.165, 1.54) is 11.8 Å². The summed E-state index contributed by atoms with van der Waals surface area (Å²) in [6.45, 7) is 5.03. The summed E-state index contributed by atoms with van der Waals surface area (Å²) in [5.74, 6) is 0.566. The number of ether oxygens (including phenoxy) is 1. The lowest BCUT2D eigenvalue weighted by molar-refractivity contribution is 0.136. The van der Waals surface area contributed by atoms with Gasteiger partial charge in [0.2, 0.25) is 0 Å². The van der Waals surface area contributed by atoms with E-state index < -0.39 is 20.0 Å². The van der Waals surface area contributed by atoms with Crippen LogP contribution in [0.5, 0.6) is 0 Å². The number of halogens is 2. The molecule has 1 aliphatic heterocycles. The van der Waals surface area contributed by atoms with Gasteiger partial charge >= 0.3 is 13.7 Å². The van der Waals surface area contributed by atoms with E-state index in [-0.39, 0.29) is 12.5 Å². The van der Waals surface area contributed by atoms with E-state index >= 15 is 0 Å². The maximum Gasteiger partial charge on any atom is 0.408 e. The first-order valence-electron chi connectivity index (χ1n) is 10.3. The lowest BCUT2D eigenvalue weighted by Crippen LogP contribution is -2.25. The van der Waals surface area contributed by atoms with Crippen molar-refractivity contribution < 1.29 is 23.9 Å². The third-order valence-electron chi connectivity index (χ3n) is 4.62. The zero-order valence-electron chi connectivity index (χ0n) is 18.5. The minimum absolute atomic E-state index is 0.0678.